The molecule has 3 aromatic rings. The number of aliphatic hydroxyl groups excluding tert-OH is 1. The molecule has 8 heteroatoms. The highest BCUT2D eigenvalue weighted by molar-refractivity contribution is 7.18. The quantitative estimate of drug-likeness (QED) is 0.619. The van der Waals surface area contributed by atoms with E-state index in [1.165, 1.54) is 11.3 Å². The molecule has 0 bridgehead atoms. The first kappa shape index (κ1) is 18.6. The maximum absolute atomic E-state index is 9.67. The molecule has 2 aromatic heterocycles. The molecule has 3 rings (SSSR count). The minimum Gasteiger partial charge on any atom is -0.494 e. The van der Waals surface area contributed by atoms with Crippen LogP contribution in [0.15, 0.2) is 24.3 Å². The van der Waals surface area contributed by atoms with Gasteiger partial charge in [0.1, 0.15) is 23.2 Å². The van der Waals surface area contributed by atoms with Crippen molar-refractivity contribution in [1.29, 1.82) is 5.26 Å². The topological polar surface area (TPSA) is 131 Å². The molecular weight excluding hydrogens is 362 g/mol. The zero-order valence-corrected chi connectivity index (χ0v) is 15.8. The van der Waals surface area contributed by atoms with Crippen molar-refractivity contribution < 1.29 is 9.84 Å². The van der Waals surface area contributed by atoms with Crippen LogP contribution in [-0.2, 0) is 6.61 Å². The van der Waals surface area contributed by atoms with Crippen molar-refractivity contribution in [3.8, 4) is 33.5 Å². The highest BCUT2D eigenvalue weighted by Crippen LogP contribution is 2.36. The number of nitrogens with zero attached hydrogens (tertiary/aromatic N) is 3. The van der Waals surface area contributed by atoms with Gasteiger partial charge in [0.2, 0.25) is 0 Å². The third-order valence-corrected chi connectivity index (χ3v) is 5.06. The Labute approximate surface area is 160 Å². The van der Waals surface area contributed by atoms with Crippen LogP contribution in [-0.4, -0.2) is 21.7 Å². The minimum atomic E-state index is -0.178. The summed E-state index contributed by atoms with van der Waals surface area (Å²) in [7, 11) is 0. The summed E-state index contributed by atoms with van der Waals surface area (Å²) in [5.74, 6) is 0.742. The molecule has 0 saturated carbocycles. The molecule has 138 valence electrons. The average Bonchev–Trinajstić information content (AvgIpc) is 2.99. The molecule has 0 aliphatic rings. The Morgan fingerprint density at radius 1 is 1.26 bits per heavy atom. The van der Waals surface area contributed by atoms with E-state index in [1.54, 1.807) is 18.2 Å². The van der Waals surface area contributed by atoms with E-state index in [4.69, 9.17) is 16.2 Å². The molecule has 27 heavy (non-hydrogen) atoms. The minimum absolute atomic E-state index is 0.135. The number of thiazole rings is 1. The summed E-state index contributed by atoms with van der Waals surface area (Å²) in [5.41, 5.74) is 15.5. The first-order chi connectivity index (χ1) is 13.0. The SMILES string of the molecule is CCOc1ccc(-c2cc(-c3sc(N)nc3C)nc(N)c2C#N)cc1CO. The Hall–Kier alpha value is -3.15. The van der Waals surface area contributed by atoms with Crippen LogP contribution in [0.2, 0.25) is 0 Å². The standard InChI is InChI=1S/C19H19N5O2S/c1-3-26-16-5-4-11(6-12(16)9-25)13-7-15(24-18(21)14(13)8-20)17-10(2)23-19(22)27-17/h4-7,25H,3,9H2,1-2H3,(H2,21,24)(H2,22,23). The summed E-state index contributed by atoms with van der Waals surface area (Å²) in [4.78, 5) is 9.39. The second kappa shape index (κ2) is 7.61. The number of ether oxygens (including phenoxy) is 1. The Balaban J connectivity index is 2.20. The fourth-order valence-electron chi connectivity index (χ4n) is 2.85. The molecular formula is C19H19N5O2S. The number of benzene rings is 1. The van der Waals surface area contributed by atoms with Crippen molar-refractivity contribution in [2.75, 3.05) is 18.1 Å². The van der Waals surface area contributed by atoms with Gasteiger partial charge in [-0.2, -0.15) is 5.26 Å². The summed E-state index contributed by atoms with van der Waals surface area (Å²) in [5, 5.41) is 19.7. The Kier molecular flexibility index (Phi) is 5.26. The Morgan fingerprint density at radius 2 is 2.04 bits per heavy atom. The number of hydrogen-bond acceptors (Lipinski definition) is 8. The maximum atomic E-state index is 9.67. The van der Waals surface area contributed by atoms with E-state index in [9.17, 15) is 10.4 Å². The second-order valence-electron chi connectivity index (χ2n) is 5.81. The van der Waals surface area contributed by atoms with Crippen LogP contribution in [0.25, 0.3) is 21.7 Å². The van der Waals surface area contributed by atoms with E-state index in [0.717, 1.165) is 16.1 Å². The van der Waals surface area contributed by atoms with Crippen molar-refractivity contribution in [3.05, 3.63) is 41.1 Å². The van der Waals surface area contributed by atoms with E-state index in [-0.39, 0.29) is 18.0 Å². The molecule has 0 spiro atoms. The number of aryl methyl sites for hydroxylation is 1. The molecule has 0 aliphatic carbocycles. The van der Waals surface area contributed by atoms with E-state index >= 15 is 0 Å². The highest BCUT2D eigenvalue weighted by atomic mass is 32.1. The summed E-state index contributed by atoms with van der Waals surface area (Å²) >= 11 is 1.32. The molecule has 7 nitrogen and oxygen atoms in total. The summed E-state index contributed by atoms with van der Waals surface area (Å²) in [6.07, 6.45) is 0. The number of aromatic nitrogens is 2. The lowest BCUT2D eigenvalue weighted by atomic mass is 9.97. The molecule has 2 heterocycles. The normalized spacial score (nSPS) is 10.6. The zero-order valence-electron chi connectivity index (χ0n) is 15.0. The number of nitriles is 1. The Bertz CT molecular complexity index is 1040. The van der Waals surface area contributed by atoms with Gasteiger partial charge >= 0.3 is 0 Å². The Morgan fingerprint density at radius 3 is 2.63 bits per heavy atom. The molecule has 0 saturated heterocycles. The molecule has 1 aromatic carbocycles. The monoisotopic (exact) mass is 381 g/mol. The van der Waals surface area contributed by atoms with E-state index in [0.29, 0.717) is 34.3 Å². The fourth-order valence-corrected chi connectivity index (χ4v) is 3.64. The summed E-state index contributed by atoms with van der Waals surface area (Å²) in [6.45, 7) is 4.04. The first-order valence-electron chi connectivity index (χ1n) is 8.29. The number of rotatable bonds is 5. The smallest absolute Gasteiger partial charge is 0.180 e. The molecule has 0 amide bonds. The molecule has 0 unspecified atom stereocenters. The van der Waals surface area contributed by atoms with Crippen LogP contribution in [0.4, 0.5) is 10.9 Å². The van der Waals surface area contributed by atoms with Gasteiger partial charge in [0.15, 0.2) is 5.13 Å². The van der Waals surface area contributed by atoms with Crippen LogP contribution in [0.5, 0.6) is 5.75 Å². The van der Waals surface area contributed by atoms with Crippen molar-refractivity contribution in [2.45, 2.75) is 20.5 Å². The second-order valence-corrected chi connectivity index (χ2v) is 6.84. The van der Waals surface area contributed by atoms with Gasteiger partial charge in [0.25, 0.3) is 0 Å². The van der Waals surface area contributed by atoms with Gasteiger partial charge in [0, 0.05) is 11.1 Å². The summed E-state index contributed by atoms with van der Waals surface area (Å²) in [6, 6.07) is 9.31. The number of aliphatic hydroxyl groups is 1. The molecule has 0 fully saturated rings. The van der Waals surface area contributed by atoms with Gasteiger partial charge in [-0.1, -0.05) is 17.4 Å². The third kappa shape index (κ3) is 3.56. The number of nitrogens with two attached hydrogens (primary N) is 2. The van der Waals surface area contributed by atoms with Crippen LogP contribution in [0.3, 0.4) is 0 Å². The lowest BCUT2D eigenvalue weighted by molar-refractivity contribution is 0.267. The van der Waals surface area contributed by atoms with E-state index in [2.05, 4.69) is 16.0 Å². The predicted molar refractivity (Wildman–Crippen MR) is 106 cm³/mol. The maximum Gasteiger partial charge on any atom is 0.180 e. The van der Waals surface area contributed by atoms with E-state index < -0.39 is 0 Å². The van der Waals surface area contributed by atoms with Crippen molar-refractivity contribution in [1.82, 2.24) is 9.97 Å². The van der Waals surface area contributed by atoms with Crippen molar-refractivity contribution in [2.24, 2.45) is 0 Å². The van der Waals surface area contributed by atoms with Crippen molar-refractivity contribution >= 4 is 22.3 Å². The van der Waals surface area contributed by atoms with Crippen LogP contribution in [0, 0.1) is 18.3 Å². The lowest BCUT2D eigenvalue weighted by Gasteiger charge is -2.13. The van der Waals surface area contributed by atoms with Crippen molar-refractivity contribution in [3.63, 3.8) is 0 Å². The predicted octanol–water partition coefficient (Wildman–Crippen LogP) is 3.11. The number of anilines is 2. The van der Waals surface area contributed by atoms with Gasteiger partial charge in [-0.05, 0) is 37.6 Å². The number of nitrogen functional groups attached to an aromatic ring is 2. The first-order valence-corrected chi connectivity index (χ1v) is 9.11. The molecule has 0 atom stereocenters. The van der Waals surface area contributed by atoms with Crippen LogP contribution in [0.1, 0.15) is 23.7 Å². The van der Waals surface area contributed by atoms with Crippen LogP contribution >= 0.6 is 11.3 Å². The molecule has 5 N–H and O–H groups in total. The molecule has 0 radical (unpaired) electrons. The largest absolute Gasteiger partial charge is 0.494 e. The lowest BCUT2D eigenvalue weighted by Crippen LogP contribution is -2.01. The van der Waals surface area contributed by atoms with Gasteiger partial charge in [0.05, 0.1) is 29.5 Å². The number of pyridine rings is 1. The average molecular weight is 381 g/mol. The summed E-state index contributed by atoms with van der Waals surface area (Å²) < 4.78 is 5.53. The molecule has 0 aliphatic heterocycles. The van der Waals surface area contributed by atoms with Gasteiger partial charge in [-0.3, -0.25) is 0 Å². The van der Waals surface area contributed by atoms with Crippen LogP contribution < -0.4 is 16.2 Å². The van der Waals surface area contributed by atoms with E-state index in [1.807, 2.05) is 19.9 Å². The highest BCUT2D eigenvalue weighted by Gasteiger charge is 2.17. The third-order valence-electron chi connectivity index (χ3n) is 4.05. The zero-order chi connectivity index (χ0) is 19.6. The van der Waals surface area contributed by atoms with Gasteiger partial charge in [-0.15, -0.1) is 0 Å². The fraction of sp³-hybridized carbons (Fsp3) is 0.211. The number of hydrogen-bond donors (Lipinski definition) is 3. The van der Waals surface area contributed by atoms with Gasteiger partial charge in [-0.25, -0.2) is 9.97 Å². The van der Waals surface area contributed by atoms with Gasteiger partial charge < -0.3 is 21.3 Å².